The fourth-order valence-corrected chi connectivity index (χ4v) is 5.44. The van der Waals surface area contributed by atoms with Crippen LogP contribution >= 0.6 is 0 Å². The Hall–Kier alpha value is -3.86. The van der Waals surface area contributed by atoms with Crippen molar-refractivity contribution in [1.82, 2.24) is 15.1 Å². The number of rotatable bonds is 7. The summed E-state index contributed by atoms with van der Waals surface area (Å²) in [6.07, 6.45) is 4.97. The number of halogens is 1. The molecule has 3 atom stereocenters. The molecule has 1 aliphatic heterocycles. The zero-order chi connectivity index (χ0) is 30.2. The largest absolute Gasteiger partial charge is 0.488 e. The van der Waals surface area contributed by atoms with Gasteiger partial charge in [0.25, 0.3) is 0 Å². The Morgan fingerprint density at radius 3 is 2.45 bits per heavy atom. The number of hydrogen-bond acceptors (Lipinski definition) is 5. The number of carbonyl (C=O) groups excluding carboxylic acids is 3. The van der Waals surface area contributed by atoms with E-state index in [-0.39, 0.29) is 36.9 Å². The fraction of sp³-hybridized carbons (Fsp3) is 0.516. The molecule has 228 valence electrons. The molecule has 1 heterocycles. The van der Waals surface area contributed by atoms with Crippen LogP contribution in [0.4, 0.5) is 25.4 Å². The van der Waals surface area contributed by atoms with Gasteiger partial charge >= 0.3 is 12.1 Å². The molecule has 0 radical (unpaired) electrons. The van der Waals surface area contributed by atoms with Gasteiger partial charge in [0.1, 0.15) is 17.7 Å². The van der Waals surface area contributed by atoms with Crippen LogP contribution in [0.5, 0.6) is 5.75 Å². The van der Waals surface area contributed by atoms with E-state index in [4.69, 9.17) is 4.74 Å². The molecule has 2 aromatic rings. The second kappa shape index (κ2) is 14.4. The average molecular weight is 584 g/mol. The first-order valence-corrected chi connectivity index (χ1v) is 14.7. The van der Waals surface area contributed by atoms with Gasteiger partial charge in [0.05, 0.1) is 25.6 Å². The van der Waals surface area contributed by atoms with Crippen LogP contribution in [0.15, 0.2) is 42.5 Å². The van der Waals surface area contributed by atoms with Crippen LogP contribution in [0.1, 0.15) is 51.5 Å². The minimum Gasteiger partial charge on any atom is -0.488 e. The number of carbonyl (C=O) groups is 3. The van der Waals surface area contributed by atoms with Crippen LogP contribution in [-0.2, 0) is 11.2 Å². The molecule has 10 nitrogen and oxygen atoms in total. The third-order valence-electron chi connectivity index (χ3n) is 8.01. The molecule has 1 saturated carbocycles. The number of amides is 5. The molecule has 2 aromatic carbocycles. The first-order chi connectivity index (χ1) is 20.1. The topological polar surface area (TPSA) is 123 Å². The summed E-state index contributed by atoms with van der Waals surface area (Å²) in [5, 5.41) is 18.4. The van der Waals surface area contributed by atoms with E-state index in [0.29, 0.717) is 35.8 Å². The molecule has 0 spiro atoms. The number of nitrogens with zero attached hydrogens (tertiary/aromatic N) is 2. The Morgan fingerprint density at radius 1 is 1.10 bits per heavy atom. The van der Waals surface area contributed by atoms with E-state index < -0.39 is 24.0 Å². The lowest BCUT2D eigenvalue weighted by Gasteiger charge is -2.34. The number of ether oxygens (including phenoxy) is 1. The second-order valence-electron chi connectivity index (χ2n) is 11.5. The summed E-state index contributed by atoms with van der Waals surface area (Å²) < 4.78 is 19.7. The van der Waals surface area contributed by atoms with Crippen LogP contribution in [0, 0.1) is 11.7 Å². The highest BCUT2D eigenvalue weighted by Gasteiger charge is 2.32. The minimum atomic E-state index is -0.524. The Bertz CT molecular complexity index is 1240. The molecular formula is C31H42FN5O5. The van der Waals surface area contributed by atoms with E-state index in [2.05, 4.69) is 16.0 Å². The second-order valence-corrected chi connectivity index (χ2v) is 11.5. The van der Waals surface area contributed by atoms with Crippen molar-refractivity contribution in [2.45, 2.75) is 70.6 Å². The van der Waals surface area contributed by atoms with Crippen LogP contribution in [0.3, 0.4) is 0 Å². The monoisotopic (exact) mass is 583 g/mol. The van der Waals surface area contributed by atoms with E-state index in [9.17, 15) is 23.9 Å². The van der Waals surface area contributed by atoms with Gasteiger partial charge in [0, 0.05) is 42.5 Å². The van der Waals surface area contributed by atoms with Gasteiger partial charge in [-0.15, -0.1) is 0 Å². The molecule has 1 aliphatic carbocycles. The van der Waals surface area contributed by atoms with Crippen molar-refractivity contribution in [3.8, 4) is 5.75 Å². The van der Waals surface area contributed by atoms with E-state index >= 15 is 0 Å². The lowest BCUT2D eigenvalue weighted by molar-refractivity contribution is -0.134. The van der Waals surface area contributed by atoms with Gasteiger partial charge in [-0.05, 0) is 62.2 Å². The molecule has 42 heavy (non-hydrogen) atoms. The summed E-state index contributed by atoms with van der Waals surface area (Å²) in [7, 11) is 1.74. The zero-order valence-electron chi connectivity index (χ0n) is 24.6. The molecule has 1 fully saturated rings. The molecule has 0 bridgehead atoms. The third kappa shape index (κ3) is 8.34. The molecule has 0 unspecified atom stereocenters. The highest BCUT2D eigenvalue weighted by atomic mass is 19.1. The number of likely N-dealkylation sites (N-methyl/N-ethyl adjacent to an activating group) is 1. The zero-order valence-corrected chi connectivity index (χ0v) is 24.6. The highest BCUT2D eigenvalue weighted by Crippen LogP contribution is 2.29. The summed E-state index contributed by atoms with van der Waals surface area (Å²) in [6.45, 7) is 4.23. The third-order valence-corrected chi connectivity index (χ3v) is 8.01. The van der Waals surface area contributed by atoms with Crippen LogP contribution < -0.4 is 20.7 Å². The summed E-state index contributed by atoms with van der Waals surface area (Å²) >= 11 is 0. The van der Waals surface area contributed by atoms with E-state index in [0.717, 1.165) is 25.7 Å². The average Bonchev–Trinajstić information content (AvgIpc) is 3.01. The van der Waals surface area contributed by atoms with Gasteiger partial charge in [0.15, 0.2) is 0 Å². The Labute approximate surface area is 246 Å². The normalized spacial score (nSPS) is 20.2. The molecule has 0 aromatic heterocycles. The van der Waals surface area contributed by atoms with Gasteiger partial charge in [-0.1, -0.05) is 26.2 Å². The van der Waals surface area contributed by atoms with Crippen LogP contribution in [0.2, 0.25) is 0 Å². The number of urea groups is 2. The number of aliphatic hydroxyl groups excluding tert-OH is 1. The first kappa shape index (κ1) is 31.1. The minimum absolute atomic E-state index is 0.00617. The molecule has 4 rings (SSSR count). The van der Waals surface area contributed by atoms with Crippen molar-refractivity contribution in [3.63, 3.8) is 0 Å². The summed E-state index contributed by atoms with van der Waals surface area (Å²) in [5.74, 6) is -0.246. The maximum atomic E-state index is 13.4. The number of fused-ring (bicyclic) bond motifs is 1. The van der Waals surface area contributed by atoms with Crippen LogP contribution in [-0.4, -0.2) is 77.8 Å². The molecule has 5 amide bonds. The molecule has 11 heteroatoms. The smallest absolute Gasteiger partial charge is 0.323 e. The number of nitrogens with one attached hydrogen (secondary N) is 3. The molecule has 2 aliphatic rings. The quantitative estimate of drug-likeness (QED) is 0.380. The number of benzene rings is 2. The first-order valence-electron chi connectivity index (χ1n) is 14.7. The van der Waals surface area contributed by atoms with Crippen molar-refractivity contribution >= 4 is 29.3 Å². The van der Waals surface area contributed by atoms with Crippen molar-refractivity contribution in [2.75, 3.05) is 37.4 Å². The van der Waals surface area contributed by atoms with Crippen LogP contribution in [0.25, 0.3) is 0 Å². The Balaban J connectivity index is 1.53. The lowest BCUT2D eigenvalue weighted by Crippen LogP contribution is -2.50. The highest BCUT2D eigenvalue weighted by molar-refractivity contribution is 6.00. The molecule has 4 N–H and O–H groups in total. The van der Waals surface area contributed by atoms with Gasteiger partial charge in [0.2, 0.25) is 5.91 Å². The van der Waals surface area contributed by atoms with Gasteiger partial charge < -0.3 is 35.6 Å². The molecular weight excluding hydrogens is 541 g/mol. The maximum absolute atomic E-state index is 13.4. The van der Waals surface area contributed by atoms with Gasteiger partial charge in [-0.25, -0.2) is 14.0 Å². The SMILES string of the molecule is C[C@H](CO)N1C[C@H](C)[C@@H](CN(C)C(=O)NC2CCCCC2)Oc2ccc(NC(=O)Nc3ccc(F)cc3)cc2CC1=O. The van der Waals surface area contributed by atoms with E-state index in [1.165, 1.54) is 30.7 Å². The predicted octanol–water partition coefficient (Wildman–Crippen LogP) is 4.59. The Morgan fingerprint density at radius 2 is 1.76 bits per heavy atom. The van der Waals surface area contributed by atoms with Crippen molar-refractivity contribution in [1.29, 1.82) is 0 Å². The van der Waals surface area contributed by atoms with Crippen molar-refractivity contribution < 1.29 is 28.6 Å². The summed E-state index contributed by atoms with van der Waals surface area (Å²) in [4.78, 5) is 42.3. The number of aliphatic hydroxyl groups is 1. The summed E-state index contributed by atoms with van der Waals surface area (Å²) in [5.41, 5.74) is 1.44. The van der Waals surface area contributed by atoms with Gasteiger partial charge in [-0.3, -0.25) is 4.79 Å². The maximum Gasteiger partial charge on any atom is 0.323 e. The van der Waals surface area contributed by atoms with Crippen molar-refractivity contribution in [2.24, 2.45) is 5.92 Å². The molecule has 0 saturated heterocycles. The fourth-order valence-electron chi connectivity index (χ4n) is 5.44. The Kier molecular flexibility index (Phi) is 10.6. The number of hydrogen-bond donors (Lipinski definition) is 4. The lowest BCUT2D eigenvalue weighted by atomic mass is 9.96. The van der Waals surface area contributed by atoms with E-state index in [1.807, 2.05) is 6.92 Å². The standard InChI is InChI=1S/C31H42FN5O5/c1-20-17-37(21(2)19-38)29(39)16-22-15-26(34-30(40)33-25-11-9-23(32)10-12-25)13-14-27(22)42-28(20)18-36(3)31(41)35-24-7-5-4-6-8-24/h9-15,20-21,24,28,38H,4-8,16-19H2,1-3H3,(H,35,41)(H2,33,34,40)/t20-,21+,28+/m0/s1. The predicted molar refractivity (Wildman–Crippen MR) is 159 cm³/mol. The van der Waals surface area contributed by atoms with Gasteiger partial charge in [-0.2, -0.15) is 0 Å². The van der Waals surface area contributed by atoms with Crippen molar-refractivity contribution in [3.05, 3.63) is 53.8 Å². The number of anilines is 2. The summed E-state index contributed by atoms with van der Waals surface area (Å²) in [6, 6.07) is 9.59. The van der Waals surface area contributed by atoms with E-state index in [1.54, 1.807) is 42.0 Å².